The predicted octanol–water partition coefficient (Wildman–Crippen LogP) is 4.91. The van der Waals surface area contributed by atoms with E-state index in [1.807, 2.05) is 0 Å². The van der Waals surface area contributed by atoms with Crippen molar-refractivity contribution >= 4 is 33.3 Å². The standard InChI is InChI=1S/C32H28F2N4O4/c1-3-21-24(33)7-4-17-10-20(39)11-22(26(17)21)28-27(34)25-16(2)30(42-15-32(8-9-32)31(40)41)37-29(23(25)12-35-28)38-13-18-5-6-19(14-38)36-18/h1,4,7,10-12,18-19,36,39H,5-6,8-9,13-15H2,2H3,(H,40,41). The molecule has 0 radical (unpaired) electrons. The fourth-order valence-corrected chi connectivity index (χ4v) is 6.44. The van der Waals surface area contributed by atoms with Gasteiger partial charge in [0.05, 0.1) is 5.56 Å². The SMILES string of the molecule is C#Cc1c(F)ccc2cc(O)cc(-c3ncc4c(N5CC6CCC(C5)N6)nc(OCC5(C(=O)O)CC5)c(C)c4c3F)c12. The van der Waals surface area contributed by atoms with Gasteiger partial charge < -0.3 is 25.2 Å². The fraction of sp³-hybridized carbons (Fsp3) is 0.344. The number of carboxylic acid groups (broad SMARTS) is 1. The first-order chi connectivity index (χ1) is 20.2. The van der Waals surface area contributed by atoms with Gasteiger partial charge in [-0.3, -0.25) is 9.78 Å². The van der Waals surface area contributed by atoms with Crippen LogP contribution in [0.5, 0.6) is 11.6 Å². The molecular formula is C32H28F2N4O4. The molecule has 4 heterocycles. The molecule has 3 N–H and O–H groups in total. The summed E-state index contributed by atoms with van der Waals surface area (Å²) in [7, 11) is 0. The van der Waals surface area contributed by atoms with E-state index in [-0.39, 0.29) is 57.9 Å². The quantitative estimate of drug-likeness (QED) is 0.281. The number of rotatable bonds is 6. The van der Waals surface area contributed by atoms with Gasteiger partial charge in [-0.1, -0.05) is 12.0 Å². The highest BCUT2D eigenvalue weighted by Crippen LogP contribution is 2.47. The number of piperazine rings is 1. The summed E-state index contributed by atoms with van der Waals surface area (Å²) in [4.78, 5) is 23.2. The number of terminal acetylenes is 1. The lowest BCUT2D eigenvalue weighted by atomic mass is 9.95. The monoisotopic (exact) mass is 570 g/mol. The number of halogens is 2. The van der Waals surface area contributed by atoms with Crippen LogP contribution < -0.4 is 15.0 Å². The molecular weight excluding hydrogens is 542 g/mol. The zero-order valence-corrected chi connectivity index (χ0v) is 22.9. The Bertz CT molecular complexity index is 1840. The molecule has 8 nitrogen and oxygen atoms in total. The molecule has 2 unspecified atom stereocenters. The van der Waals surface area contributed by atoms with E-state index in [1.54, 1.807) is 13.1 Å². The Morgan fingerprint density at radius 1 is 1.21 bits per heavy atom. The Kier molecular flexibility index (Phi) is 5.99. The minimum Gasteiger partial charge on any atom is -0.508 e. The molecule has 1 saturated carbocycles. The van der Waals surface area contributed by atoms with Crippen LogP contribution >= 0.6 is 0 Å². The smallest absolute Gasteiger partial charge is 0.313 e. The zero-order valence-electron chi connectivity index (χ0n) is 22.9. The Morgan fingerprint density at radius 3 is 2.62 bits per heavy atom. The van der Waals surface area contributed by atoms with Crippen molar-refractivity contribution in [1.82, 2.24) is 15.3 Å². The number of carboxylic acids is 1. The summed E-state index contributed by atoms with van der Waals surface area (Å²) in [6, 6.07) is 6.00. The lowest BCUT2D eigenvalue weighted by Crippen LogP contribution is -2.51. The first-order valence-electron chi connectivity index (χ1n) is 14.0. The van der Waals surface area contributed by atoms with Crippen molar-refractivity contribution in [3.05, 3.63) is 53.2 Å². The molecule has 2 bridgehead atoms. The van der Waals surface area contributed by atoms with Gasteiger partial charge in [0, 0.05) is 58.7 Å². The van der Waals surface area contributed by atoms with Crippen LogP contribution in [0.25, 0.3) is 32.8 Å². The van der Waals surface area contributed by atoms with Crippen molar-refractivity contribution in [2.45, 2.75) is 44.7 Å². The molecule has 7 rings (SSSR count). The first kappa shape index (κ1) is 26.4. The first-order valence-corrected chi connectivity index (χ1v) is 14.0. The van der Waals surface area contributed by atoms with Gasteiger partial charge in [-0.15, -0.1) is 6.42 Å². The number of fused-ring (bicyclic) bond motifs is 4. The summed E-state index contributed by atoms with van der Waals surface area (Å²) < 4.78 is 37.6. The number of aryl methyl sites for hydroxylation is 1. The summed E-state index contributed by atoms with van der Waals surface area (Å²) in [5.41, 5.74) is -0.585. The van der Waals surface area contributed by atoms with E-state index in [2.05, 4.69) is 21.1 Å². The maximum Gasteiger partial charge on any atom is 0.313 e. The molecule has 10 heteroatoms. The summed E-state index contributed by atoms with van der Waals surface area (Å²) in [5, 5.41) is 25.1. The number of aromatic hydroxyl groups is 1. The predicted molar refractivity (Wildman–Crippen MR) is 154 cm³/mol. The molecule has 42 heavy (non-hydrogen) atoms. The molecule has 3 aliphatic rings. The summed E-state index contributed by atoms with van der Waals surface area (Å²) in [5.74, 6) is 0.612. The number of phenols is 1. The molecule has 2 atom stereocenters. The minimum absolute atomic E-state index is 0.0559. The summed E-state index contributed by atoms with van der Waals surface area (Å²) in [6.45, 7) is 2.95. The van der Waals surface area contributed by atoms with Crippen molar-refractivity contribution in [3.63, 3.8) is 0 Å². The average molecular weight is 571 g/mol. The normalized spacial score (nSPS) is 20.6. The van der Waals surface area contributed by atoms with E-state index in [4.69, 9.17) is 16.1 Å². The number of anilines is 1. The third-order valence-corrected chi connectivity index (χ3v) is 8.92. The number of aromatic nitrogens is 2. The van der Waals surface area contributed by atoms with Crippen LogP contribution in [-0.2, 0) is 4.79 Å². The van der Waals surface area contributed by atoms with Gasteiger partial charge in [-0.05, 0) is 56.2 Å². The van der Waals surface area contributed by atoms with E-state index in [1.165, 1.54) is 24.3 Å². The Morgan fingerprint density at radius 2 is 1.95 bits per heavy atom. The highest BCUT2D eigenvalue weighted by Gasteiger charge is 2.51. The maximum atomic E-state index is 16.8. The van der Waals surface area contributed by atoms with Gasteiger partial charge in [-0.2, -0.15) is 4.98 Å². The number of carbonyl (C=O) groups is 1. The van der Waals surface area contributed by atoms with E-state index >= 15 is 4.39 Å². The molecule has 2 aromatic heterocycles. The van der Waals surface area contributed by atoms with Gasteiger partial charge in [0.1, 0.15) is 35.1 Å². The van der Waals surface area contributed by atoms with Gasteiger partial charge in [0.25, 0.3) is 0 Å². The average Bonchev–Trinajstić information content (AvgIpc) is 3.70. The van der Waals surface area contributed by atoms with E-state index in [0.29, 0.717) is 48.1 Å². The molecule has 214 valence electrons. The lowest BCUT2D eigenvalue weighted by Gasteiger charge is -2.34. The number of aliphatic carboxylic acids is 1. The molecule has 0 spiro atoms. The second-order valence-corrected chi connectivity index (χ2v) is 11.7. The number of phenolic OH excluding ortho intramolecular Hbond substituents is 1. The van der Waals surface area contributed by atoms with Crippen LogP contribution in [0, 0.1) is 36.3 Å². The zero-order chi connectivity index (χ0) is 29.3. The van der Waals surface area contributed by atoms with E-state index in [9.17, 15) is 19.4 Å². The second-order valence-electron chi connectivity index (χ2n) is 11.7. The van der Waals surface area contributed by atoms with Gasteiger partial charge in [-0.25, -0.2) is 8.78 Å². The van der Waals surface area contributed by atoms with Crippen LogP contribution in [0.1, 0.15) is 36.8 Å². The van der Waals surface area contributed by atoms with E-state index in [0.717, 1.165) is 12.8 Å². The van der Waals surface area contributed by atoms with E-state index < -0.39 is 23.0 Å². The fourth-order valence-electron chi connectivity index (χ4n) is 6.44. The largest absolute Gasteiger partial charge is 0.508 e. The van der Waals surface area contributed by atoms with Crippen LogP contribution in [0.15, 0.2) is 30.5 Å². The minimum atomic E-state index is -0.963. The number of hydrogen-bond donors (Lipinski definition) is 3. The molecule has 4 aromatic rings. The maximum absolute atomic E-state index is 16.8. The topological polar surface area (TPSA) is 108 Å². The molecule has 1 aliphatic carbocycles. The van der Waals surface area contributed by atoms with Crippen molar-refractivity contribution in [2.24, 2.45) is 5.41 Å². The Labute approximate surface area is 240 Å². The van der Waals surface area contributed by atoms with Crippen molar-refractivity contribution in [3.8, 4) is 35.2 Å². The van der Waals surface area contributed by atoms with Gasteiger partial charge in [0.2, 0.25) is 5.88 Å². The highest BCUT2D eigenvalue weighted by atomic mass is 19.1. The van der Waals surface area contributed by atoms with Crippen molar-refractivity contribution in [2.75, 3.05) is 24.6 Å². The number of benzene rings is 2. The number of hydrogen-bond acceptors (Lipinski definition) is 7. The highest BCUT2D eigenvalue weighted by molar-refractivity contribution is 6.04. The molecule has 3 fully saturated rings. The van der Waals surface area contributed by atoms with Crippen molar-refractivity contribution in [1.29, 1.82) is 0 Å². The van der Waals surface area contributed by atoms with Crippen LogP contribution in [0.3, 0.4) is 0 Å². The Balaban J connectivity index is 1.44. The number of nitrogens with one attached hydrogen (secondary N) is 1. The Hall–Kier alpha value is -4.49. The lowest BCUT2D eigenvalue weighted by molar-refractivity contribution is -0.144. The molecule has 2 aliphatic heterocycles. The van der Waals surface area contributed by atoms with Gasteiger partial charge in [0.15, 0.2) is 5.82 Å². The summed E-state index contributed by atoms with van der Waals surface area (Å²) in [6.07, 6.45) is 10.3. The summed E-state index contributed by atoms with van der Waals surface area (Å²) >= 11 is 0. The number of nitrogens with zero attached hydrogens (tertiary/aromatic N) is 3. The van der Waals surface area contributed by atoms with Crippen LogP contribution in [-0.4, -0.2) is 57.9 Å². The number of ether oxygens (including phenoxy) is 1. The van der Waals surface area contributed by atoms with Crippen molar-refractivity contribution < 1.29 is 28.5 Å². The molecule has 2 saturated heterocycles. The van der Waals surface area contributed by atoms with Crippen LogP contribution in [0.4, 0.5) is 14.6 Å². The van der Waals surface area contributed by atoms with Gasteiger partial charge >= 0.3 is 5.97 Å². The molecule has 2 aromatic carbocycles. The van der Waals surface area contributed by atoms with Crippen LogP contribution in [0.2, 0.25) is 0 Å². The third-order valence-electron chi connectivity index (χ3n) is 8.92. The second kappa shape index (κ2) is 9.53. The molecule has 0 amide bonds. The third kappa shape index (κ3) is 4.10. The number of pyridine rings is 2.